The number of carbonyl (C=O) groups is 4. The van der Waals surface area contributed by atoms with Gasteiger partial charge in [0.15, 0.2) is 0 Å². The van der Waals surface area contributed by atoms with Gasteiger partial charge in [-0.2, -0.15) is 0 Å². The molecule has 0 aromatic carbocycles. The molecule has 0 bridgehead atoms. The van der Waals surface area contributed by atoms with Crippen molar-refractivity contribution >= 4 is 23.8 Å². The minimum absolute atomic E-state index is 0.0212. The highest BCUT2D eigenvalue weighted by Gasteiger charge is 2.38. The molecule has 0 spiro atoms. The Balaban J connectivity index is 2.87. The average Bonchev–Trinajstić information content (AvgIpc) is 2.76. The Labute approximate surface area is 133 Å². The van der Waals surface area contributed by atoms with Crippen LogP contribution in [0.2, 0.25) is 0 Å². The summed E-state index contributed by atoms with van der Waals surface area (Å²) >= 11 is 0. The van der Waals surface area contributed by atoms with E-state index in [1.807, 2.05) is 0 Å². The lowest BCUT2D eigenvalue weighted by Gasteiger charge is -2.22. The van der Waals surface area contributed by atoms with Crippen molar-refractivity contribution in [3.63, 3.8) is 0 Å². The van der Waals surface area contributed by atoms with Gasteiger partial charge in [0, 0.05) is 6.92 Å². The van der Waals surface area contributed by atoms with Gasteiger partial charge in [0.1, 0.15) is 6.10 Å². The van der Waals surface area contributed by atoms with Crippen molar-refractivity contribution in [3.05, 3.63) is 0 Å². The standard InChI is InChI=1S/C14H18N2O7/c1-9(17)22-10-7-11(18)16(8-10)12(5-4-6-15(2)3)23-14(21)13(19)20/h10,12H,6-8H2,1-3H3,(H,19,20). The van der Waals surface area contributed by atoms with E-state index in [4.69, 9.17) is 14.6 Å². The highest BCUT2D eigenvalue weighted by molar-refractivity contribution is 6.28. The zero-order valence-electron chi connectivity index (χ0n) is 13.1. The van der Waals surface area contributed by atoms with Crippen LogP contribution in [0, 0.1) is 11.8 Å². The Morgan fingerprint density at radius 1 is 1.43 bits per heavy atom. The highest BCUT2D eigenvalue weighted by atomic mass is 16.6. The molecular weight excluding hydrogens is 308 g/mol. The first-order valence-electron chi connectivity index (χ1n) is 6.74. The lowest BCUT2D eigenvalue weighted by Crippen LogP contribution is -2.41. The normalized spacial score (nSPS) is 18.2. The number of ether oxygens (including phenoxy) is 2. The number of carbonyl (C=O) groups excluding carboxylic acids is 3. The van der Waals surface area contributed by atoms with E-state index in [0.29, 0.717) is 6.54 Å². The predicted molar refractivity (Wildman–Crippen MR) is 75.7 cm³/mol. The maximum atomic E-state index is 12.0. The lowest BCUT2D eigenvalue weighted by atomic mass is 10.3. The first-order valence-corrected chi connectivity index (χ1v) is 6.74. The summed E-state index contributed by atoms with van der Waals surface area (Å²) in [6.45, 7) is 1.52. The van der Waals surface area contributed by atoms with Gasteiger partial charge >= 0.3 is 17.9 Å². The molecule has 9 nitrogen and oxygen atoms in total. The summed E-state index contributed by atoms with van der Waals surface area (Å²) in [5.74, 6) is 0.950. The number of hydrogen-bond donors (Lipinski definition) is 1. The van der Waals surface area contributed by atoms with Crippen LogP contribution in [0.1, 0.15) is 13.3 Å². The number of carboxylic acids is 1. The van der Waals surface area contributed by atoms with Gasteiger partial charge in [-0.1, -0.05) is 5.92 Å². The van der Waals surface area contributed by atoms with Crippen LogP contribution in [-0.4, -0.2) is 78.2 Å². The van der Waals surface area contributed by atoms with Gasteiger partial charge in [-0.3, -0.25) is 19.4 Å². The van der Waals surface area contributed by atoms with Crippen molar-refractivity contribution in [1.29, 1.82) is 0 Å². The molecule has 9 heteroatoms. The Morgan fingerprint density at radius 2 is 2.09 bits per heavy atom. The average molecular weight is 326 g/mol. The highest BCUT2D eigenvalue weighted by Crippen LogP contribution is 2.18. The maximum absolute atomic E-state index is 12.0. The largest absolute Gasteiger partial charge is 0.473 e. The third kappa shape index (κ3) is 5.96. The third-order valence-corrected chi connectivity index (χ3v) is 2.75. The van der Waals surface area contributed by atoms with Gasteiger partial charge < -0.3 is 14.6 Å². The number of hydrogen-bond acceptors (Lipinski definition) is 7. The molecule has 1 rings (SSSR count). The molecule has 1 aliphatic heterocycles. The summed E-state index contributed by atoms with van der Waals surface area (Å²) in [5, 5.41) is 8.62. The van der Waals surface area contributed by atoms with Crippen LogP contribution in [-0.2, 0) is 28.7 Å². The topological polar surface area (TPSA) is 113 Å². The molecule has 0 saturated carbocycles. The number of likely N-dealkylation sites (tertiary alicyclic amines) is 1. The molecule has 2 atom stereocenters. The SMILES string of the molecule is CC(=O)OC1CC(=O)N(C(C#CCN(C)C)OC(=O)C(=O)O)C1. The van der Waals surface area contributed by atoms with E-state index in [1.54, 1.807) is 19.0 Å². The minimum atomic E-state index is -1.78. The fourth-order valence-corrected chi connectivity index (χ4v) is 1.85. The zero-order chi connectivity index (χ0) is 17.6. The summed E-state index contributed by atoms with van der Waals surface area (Å²) in [6, 6.07) is 0. The van der Waals surface area contributed by atoms with Crippen LogP contribution < -0.4 is 0 Å². The van der Waals surface area contributed by atoms with Gasteiger partial charge in [0.05, 0.1) is 19.5 Å². The number of aliphatic carboxylic acids is 1. The molecule has 1 heterocycles. The van der Waals surface area contributed by atoms with E-state index in [9.17, 15) is 19.2 Å². The van der Waals surface area contributed by atoms with Crippen molar-refractivity contribution in [2.24, 2.45) is 0 Å². The predicted octanol–water partition coefficient (Wildman–Crippen LogP) is -1.33. The fourth-order valence-electron chi connectivity index (χ4n) is 1.85. The summed E-state index contributed by atoms with van der Waals surface area (Å²) in [5.41, 5.74) is 0. The molecule has 0 aromatic heterocycles. The molecule has 23 heavy (non-hydrogen) atoms. The second-order valence-corrected chi connectivity index (χ2v) is 5.10. The van der Waals surface area contributed by atoms with Crippen molar-refractivity contribution in [2.75, 3.05) is 27.2 Å². The Bertz CT molecular complexity index is 561. The Hall–Kier alpha value is -2.60. The van der Waals surface area contributed by atoms with E-state index in [0.717, 1.165) is 4.90 Å². The number of esters is 2. The van der Waals surface area contributed by atoms with Gasteiger partial charge in [-0.15, -0.1) is 0 Å². The second-order valence-electron chi connectivity index (χ2n) is 5.10. The van der Waals surface area contributed by atoms with E-state index in [1.165, 1.54) is 6.92 Å². The summed E-state index contributed by atoms with van der Waals surface area (Å²) < 4.78 is 9.68. The molecule has 2 unspecified atom stereocenters. The zero-order valence-corrected chi connectivity index (χ0v) is 13.1. The molecule has 1 N–H and O–H groups in total. The smallest absolute Gasteiger partial charge is 0.419 e. The van der Waals surface area contributed by atoms with Gasteiger partial charge in [0.25, 0.3) is 0 Å². The van der Waals surface area contributed by atoms with Crippen LogP contribution in [0.15, 0.2) is 0 Å². The van der Waals surface area contributed by atoms with Crippen molar-refractivity contribution in [3.8, 4) is 11.8 Å². The number of nitrogens with zero attached hydrogens (tertiary/aromatic N) is 2. The fraction of sp³-hybridized carbons (Fsp3) is 0.571. The summed E-state index contributed by atoms with van der Waals surface area (Å²) in [7, 11) is 3.54. The molecule has 1 fully saturated rings. The second kappa shape index (κ2) is 8.14. The third-order valence-electron chi connectivity index (χ3n) is 2.75. The van der Waals surface area contributed by atoms with Crippen molar-refractivity contribution in [2.45, 2.75) is 25.7 Å². The van der Waals surface area contributed by atoms with Crippen LogP contribution in [0.4, 0.5) is 0 Å². The first-order chi connectivity index (χ1) is 10.7. The monoisotopic (exact) mass is 326 g/mol. The van der Waals surface area contributed by atoms with Gasteiger partial charge in [0.2, 0.25) is 12.1 Å². The van der Waals surface area contributed by atoms with E-state index < -0.39 is 36.1 Å². The van der Waals surface area contributed by atoms with Gasteiger partial charge in [-0.25, -0.2) is 9.59 Å². The van der Waals surface area contributed by atoms with Crippen LogP contribution in [0.5, 0.6) is 0 Å². The van der Waals surface area contributed by atoms with E-state index in [-0.39, 0.29) is 13.0 Å². The van der Waals surface area contributed by atoms with Crippen molar-refractivity contribution < 1.29 is 33.8 Å². The molecule has 0 radical (unpaired) electrons. The number of amides is 1. The summed E-state index contributed by atoms with van der Waals surface area (Å²) in [4.78, 5) is 47.6. The van der Waals surface area contributed by atoms with E-state index in [2.05, 4.69) is 11.8 Å². The maximum Gasteiger partial charge on any atom is 0.419 e. The Kier molecular flexibility index (Phi) is 6.53. The Morgan fingerprint density at radius 3 is 2.61 bits per heavy atom. The molecule has 1 saturated heterocycles. The van der Waals surface area contributed by atoms with Crippen LogP contribution in [0.25, 0.3) is 0 Å². The lowest BCUT2D eigenvalue weighted by molar-refractivity contribution is -0.171. The molecule has 126 valence electrons. The van der Waals surface area contributed by atoms with Gasteiger partial charge in [-0.05, 0) is 20.0 Å². The number of carboxylic acid groups (broad SMARTS) is 1. The first kappa shape index (κ1) is 18.4. The molecule has 1 aliphatic rings. The molecule has 0 aliphatic carbocycles. The molecular formula is C14H18N2O7. The van der Waals surface area contributed by atoms with Crippen LogP contribution >= 0.6 is 0 Å². The molecule has 1 amide bonds. The summed E-state index contributed by atoms with van der Waals surface area (Å²) in [6.07, 6.45) is -2.09. The minimum Gasteiger partial charge on any atom is -0.473 e. The van der Waals surface area contributed by atoms with E-state index >= 15 is 0 Å². The molecule has 0 aromatic rings. The number of rotatable bonds is 4. The van der Waals surface area contributed by atoms with Crippen LogP contribution in [0.3, 0.4) is 0 Å². The van der Waals surface area contributed by atoms with Crippen molar-refractivity contribution in [1.82, 2.24) is 9.80 Å². The quantitative estimate of drug-likeness (QED) is 0.384.